The van der Waals surface area contributed by atoms with Crippen LogP contribution in [0.15, 0.2) is 53.4 Å². The van der Waals surface area contributed by atoms with Gasteiger partial charge in [0.05, 0.1) is 28.1 Å². The summed E-state index contributed by atoms with van der Waals surface area (Å²) in [7, 11) is -3.65. The van der Waals surface area contributed by atoms with Gasteiger partial charge in [-0.25, -0.2) is 13.2 Å². The molecule has 2 amide bonds. The van der Waals surface area contributed by atoms with Gasteiger partial charge in [0.1, 0.15) is 6.61 Å². The number of benzene rings is 2. The van der Waals surface area contributed by atoms with E-state index in [1.54, 1.807) is 24.3 Å². The number of nitrogens with zero attached hydrogens (tertiary/aromatic N) is 2. The van der Waals surface area contributed by atoms with E-state index < -0.39 is 27.8 Å². The molecule has 1 saturated heterocycles. The largest absolute Gasteiger partial charge is 0.460 e. The molecule has 2 aliphatic rings. The zero-order valence-electron chi connectivity index (χ0n) is 16.1. The molecule has 0 bridgehead atoms. The fourth-order valence-corrected chi connectivity index (χ4v) is 5.18. The van der Waals surface area contributed by atoms with E-state index in [2.05, 4.69) is 0 Å². The van der Waals surface area contributed by atoms with Crippen molar-refractivity contribution in [3.63, 3.8) is 0 Å². The van der Waals surface area contributed by atoms with Gasteiger partial charge in [0, 0.05) is 13.1 Å². The lowest BCUT2D eigenvalue weighted by Gasteiger charge is -2.16. The highest BCUT2D eigenvalue weighted by Gasteiger charge is 2.35. The first-order valence-corrected chi connectivity index (χ1v) is 11.1. The Labute approximate surface area is 174 Å². The van der Waals surface area contributed by atoms with Crippen LogP contribution in [-0.2, 0) is 14.8 Å². The SMILES string of the molecule is O=C(OCCN1C(=O)c2ccccc2C1=O)c1cccc(S(=O)(=O)N2CCCC2)c1. The molecular formula is C21H20N2O6S. The van der Waals surface area contributed by atoms with E-state index in [-0.39, 0.29) is 23.6 Å². The van der Waals surface area contributed by atoms with Crippen LogP contribution in [0.5, 0.6) is 0 Å². The van der Waals surface area contributed by atoms with Crippen molar-refractivity contribution in [2.75, 3.05) is 26.2 Å². The Kier molecular flexibility index (Phi) is 5.40. The molecule has 0 aromatic heterocycles. The summed E-state index contributed by atoms with van der Waals surface area (Å²) < 4.78 is 31.9. The van der Waals surface area contributed by atoms with Gasteiger partial charge >= 0.3 is 5.97 Å². The van der Waals surface area contributed by atoms with Crippen LogP contribution in [0.2, 0.25) is 0 Å². The highest BCUT2D eigenvalue weighted by atomic mass is 32.2. The zero-order valence-corrected chi connectivity index (χ0v) is 16.9. The van der Waals surface area contributed by atoms with Crippen LogP contribution in [-0.4, -0.2) is 61.6 Å². The third-order valence-electron chi connectivity index (χ3n) is 5.20. The number of carbonyl (C=O) groups is 3. The Morgan fingerprint density at radius 2 is 1.57 bits per heavy atom. The molecule has 0 atom stereocenters. The van der Waals surface area contributed by atoms with Gasteiger partial charge < -0.3 is 4.74 Å². The van der Waals surface area contributed by atoms with Crippen LogP contribution in [0, 0.1) is 0 Å². The monoisotopic (exact) mass is 428 g/mol. The normalized spacial score (nSPS) is 16.7. The minimum Gasteiger partial charge on any atom is -0.460 e. The molecule has 2 aromatic rings. The molecule has 0 saturated carbocycles. The average molecular weight is 428 g/mol. The van der Waals surface area contributed by atoms with Gasteiger partial charge in [0.25, 0.3) is 11.8 Å². The molecule has 0 spiro atoms. The molecule has 4 rings (SSSR count). The summed E-state index contributed by atoms with van der Waals surface area (Å²) in [5.74, 6) is -1.57. The Hall–Kier alpha value is -3.04. The van der Waals surface area contributed by atoms with Crippen molar-refractivity contribution in [3.05, 3.63) is 65.2 Å². The lowest BCUT2D eigenvalue weighted by molar-refractivity contribution is 0.0420. The number of imide groups is 1. The standard InChI is InChI=1S/C21H20N2O6S/c24-19-17-8-1-2-9-18(17)20(25)23(19)12-13-29-21(26)15-6-5-7-16(14-15)30(27,28)22-10-3-4-11-22/h1-2,5-9,14H,3-4,10-13H2. The zero-order chi connectivity index (χ0) is 21.3. The maximum atomic E-state index is 12.7. The van der Waals surface area contributed by atoms with E-state index in [9.17, 15) is 22.8 Å². The van der Waals surface area contributed by atoms with Crippen molar-refractivity contribution >= 4 is 27.8 Å². The Balaban J connectivity index is 1.40. The highest BCUT2D eigenvalue weighted by Crippen LogP contribution is 2.23. The number of hydrogen-bond donors (Lipinski definition) is 0. The fourth-order valence-electron chi connectivity index (χ4n) is 3.62. The number of amides is 2. The van der Waals surface area contributed by atoms with E-state index in [1.165, 1.54) is 28.6 Å². The van der Waals surface area contributed by atoms with Gasteiger partial charge in [-0.3, -0.25) is 14.5 Å². The van der Waals surface area contributed by atoms with Crippen LogP contribution in [0.1, 0.15) is 43.9 Å². The molecule has 30 heavy (non-hydrogen) atoms. The van der Waals surface area contributed by atoms with Gasteiger partial charge in [0.2, 0.25) is 10.0 Å². The van der Waals surface area contributed by atoms with Gasteiger partial charge in [0.15, 0.2) is 0 Å². The van der Waals surface area contributed by atoms with Crippen molar-refractivity contribution in [1.29, 1.82) is 0 Å². The smallest absolute Gasteiger partial charge is 0.338 e. The van der Waals surface area contributed by atoms with Crippen molar-refractivity contribution in [1.82, 2.24) is 9.21 Å². The van der Waals surface area contributed by atoms with E-state index in [1.807, 2.05) is 0 Å². The molecule has 0 aliphatic carbocycles. The van der Waals surface area contributed by atoms with Crippen LogP contribution in [0.4, 0.5) is 0 Å². The van der Waals surface area contributed by atoms with Gasteiger partial charge in [-0.15, -0.1) is 0 Å². The van der Waals surface area contributed by atoms with Gasteiger partial charge in [-0.2, -0.15) is 4.31 Å². The Morgan fingerprint density at radius 1 is 0.933 bits per heavy atom. The highest BCUT2D eigenvalue weighted by molar-refractivity contribution is 7.89. The molecule has 156 valence electrons. The van der Waals surface area contributed by atoms with Crippen molar-refractivity contribution in [3.8, 4) is 0 Å². The molecule has 9 heteroatoms. The van der Waals surface area contributed by atoms with Gasteiger partial charge in [-0.05, 0) is 43.2 Å². The van der Waals surface area contributed by atoms with Crippen molar-refractivity contribution < 1.29 is 27.5 Å². The number of hydrogen-bond acceptors (Lipinski definition) is 6. The van der Waals surface area contributed by atoms with E-state index in [0.29, 0.717) is 24.2 Å². The molecule has 0 radical (unpaired) electrons. The second-order valence-corrected chi connectivity index (χ2v) is 9.02. The number of fused-ring (bicyclic) bond motifs is 1. The predicted molar refractivity (Wildman–Crippen MR) is 107 cm³/mol. The third-order valence-corrected chi connectivity index (χ3v) is 7.09. The second kappa shape index (κ2) is 8.00. The number of esters is 1. The topological polar surface area (TPSA) is 101 Å². The van der Waals surface area contributed by atoms with Crippen LogP contribution in [0.3, 0.4) is 0 Å². The minimum atomic E-state index is -3.65. The van der Waals surface area contributed by atoms with Gasteiger partial charge in [-0.1, -0.05) is 18.2 Å². The number of ether oxygens (including phenoxy) is 1. The maximum absolute atomic E-state index is 12.7. The molecule has 0 unspecified atom stereocenters. The summed E-state index contributed by atoms with van der Waals surface area (Å²) in [5.41, 5.74) is 0.750. The summed E-state index contributed by atoms with van der Waals surface area (Å²) in [5, 5.41) is 0. The lowest BCUT2D eigenvalue weighted by atomic mass is 10.1. The fraction of sp³-hybridized carbons (Fsp3) is 0.286. The average Bonchev–Trinajstić information content (AvgIpc) is 3.38. The molecule has 0 N–H and O–H groups in total. The first-order valence-electron chi connectivity index (χ1n) is 9.62. The summed E-state index contributed by atoms with van der Waals surface area (Å²) >= 11 is 0. The van der Waals surface area contributed by atoms with E-state index in [4.69, 9.17) is 4.74 Å². The van der Waals surface area contributed by atoms with Crippen molar-refractivity contribution in [2.45, 2.75) is 17.7 Å². The molecule has 8 nitrogen and oxygen atoms in total. The number of sulfonamides is 1. The Bertz CT molecular complexity index is 1090. The quantitative estimate of drug-likeness (QED) is 0.515. The summed E-state index contributed by atoms with van der Waals surface area (Å²) in [4.78, 5) is 38.1. The minimum absolute atomic E-state index is 0.0409. The molecular weight excluding hydrogens is 408 g/mol. The number of rotatable bonds is 6. The van der Waals surface area contributed by atoms with Crippen molar-refractivity contribution in [2.24, 2.45) is 0 Å². The Morgan fingerprint density at radius 3 is 2.20 bits per heavy atom. The third kappa shape index (κ3) is 3.61. The van der Waals surface area contributed by atoms with Crippen LogP contribution >= 0.6 is 0 Å². The maximum Gasteiger partial charge on any atom is 0.338 e. The first-order chi connectivity index (χ1) is 14.4. The molecule has 1 fully saturated rings. The second-order valence-electron chi connectivity index (χ2n) is 7.08. The summed E-state index contributed by atoms with van der Waals surface area (Å²) in [6, 6.07) is 12.2. The molecule has 2 heterocycles. The predicted octanol–water partition coefficient (Wildman–Crippen LogP) is 1.92. The molecule has 2 aliphatic heterocycles. The summed E-state index contributed by atoms with van der Waals surface area (Å²) in [6.07, 6.45) is 1.64. The van der Waals surface area contributed by atoms with E-state index >= 15 is 0 Å². The van der Waals surface area contributed by atoms with Crippen LogP contribution < -0.4 is 0 Å². The lowest BCUT2D eigenvalue weighted by Crippen LogP contribution is -2.33. The first kappa shape index (κ1) is 20.2. The summed E-state index contributed by atoms with van der Waals surface area (Å²) in [6.45, 7) is 0.672. The van der Waals surface area contributed by atoms with E-state index in [0.717, 1.165) is 17.7 Å². The number of carbonyl (C=O) groups excluding carboxylic acids is 3. The van der Waals surface area contributed by atoms with Crippen LogP contribution in [0.25, 0.3) is 0 Å². The molecule has 2 aromatic carbocycles.